The van der Waals surface area contributed by atoms with Gasteiger partial charge in [-0.25, -0.2) is 0 Å². The first-order valence-electron chi connectivity index (χ1n) is 6.38. The molecule has 3 atom stereocenters. The van der Waals surface area contributed by atoms with Gasteiger partial charge in [0.25, 0.3) is 0 Å². The Morgan fingerprint density at radius 3 is 2.68 bits per heavy atom. The van der Waals surface area contributed by atoms with Gasteiger partial charge in [-0.15, -0.1) is 12.4 Å². The van der Waals surface area contributed by atoms with Crippen molar-refractivity contribution in [2.24, 2.45) is 11.7 Å². The second-order valence-electron chi connectivity index (χ2n) is 5.02. The molecule has 0 spiro atoms. The SMILES string of the molecule is CC(NC(=O)C1CCC(N)C1)c1ccccc1Cl.Cl. The lowest BCUT2D eigenvalue weighted by Gasteiger charge is -2.18. The van der Waals surface area contributed by atoms with Crippen LogP contribution in [0.1, 0.15) is 37.8 Å². The predicted molar refractivity (Wildman–Crippen MR) is 80.6 cm³/mol. The van der Waals surface area contributed by atoms with E-state index in [4.69, 9.17) is 17.3 Å². The van der Waals surface area contributed by atoms with Gasteiger partial charge in [-0.05, 0) is 37.8 Å². The number of carbonyl (C=O) groups is 1. The molecule has 5 heteroatoms. The first-order valence-corrected chi connectivity index (χ1v) is 6.76. The molecule has 1 amide bonds. The van der Waals surface area contributed by atoms with Crippen molar-refractivity contribution >= 4 is 29.9 Å². The second-order valence-corrected chi connectivity index (χ2v) is 5.43. The molecule has 2 rings (SSSR count). The zero-order valence-corrected chi connectivity index (χ0v) is 12.5. The van der Waals surface area contributed by atoms with Gasteiger partial charge in [0, 0.05) is 17.0 Å². The zero-order chi connectivity index (χ0) is 13.1. The fourth-order valence-electron chi connectivity index (χ4n) is 2.49. The Labute approximate surface area is 125 Å². The fraction of sp³-hybridized carbons (Fsp3) is 0.500. The van der Waals surface area contributed by atoms with Gasteiger partial charge in [0.05, 0.1) is 6.04 Å². The van der Waals surface area contributed by atoms with Crippen molar-refractivity contribution in [3.8, 4) is 0 Å². The number of nitrogens with two attached hydrogens (primary N) is 1. The molecule has 0 heterocycles. The van der Waals surface area contributed by atoms with Crippen LogP contribution >= 0.6 is 24.0 Å². The molecule has 3 unspecified atom stereocenters. The van der Waals surface area contributed by atoms with Crippen molar-refractivity contribution in [3.05, 3.63) is 34.9 Å². The number of hydrogen-bond donors (Lipinski definition) is 2. The van der Waals surface area contributed by atoms with Crippen LogP contribution in [0.25, 0.3) is 0 Å². The highest BCUT2D eigenvalue weighted by atomic mass is 35.5. The number of benzene rings is 1. The smallest absolute Gasteiger partial charge is 0.223 e. The molecule has 0 aromatic heterocycles. The molecule has 3 N–H and O–H groups in total. The van der Waals surface area contributed by atoms with Crippen molar-refractivity contribution in [2.45, 2.75) is 38.3 Å². The van der Waals surface area contributed by atoms with Gasteiger partial charge >= 0.3 is 0 Å². The van der Waals surface area contributed by atoms with Crippen LogP contribution in [0, 0.1) is 5.92 Å². The lowest BCUT2D eigenvalue weighted by Crippen LogP contribution is -2.32. The van der Waals surface area contributed by atoms with Crippen LogP contribution in [-0.4, -0.2) is 11.9 Å². The molecule has 1 aliphatic carbocycles. The average Bonchev–Trinajstić information content (AvgIpc) is 2.76. The van der Waals surface area contributed by atoms with Gasteiger partial charge in [-0.3, -0.25) is 4.79 Å². The third kappa shape index (κ3) is 4.10. The van der Waals surface area contributed by atoms with E-state index < -0.39 is 0 Å². The number of rotatable bonds is 3. The summed E-state index contributed by atoms with van der Waals surface area (Å²) in [4.78, 5) is 12.1. The lowest BCUT2D eigenvalue weighted by atomic mass is 10.0. The summed E-state index contributed by atoms with van der Waals surface area (Å²) >= 11 is 6.11. The maximum Gasteiger partial charge on any atom is 0.223 e. The van der Waals surface area contributed by atoms with Crippen LogP contribution in [0.5, 0.6) is 0 Å². The molecule has 0 radical (unpaired) electrons. The van der Waals surface area contributed by atoms with Gasteiger partial charge in [0.15, 0.2) is 0 Å². The third-order valence-corrected chi connectivity index (χ3v) is 3.92. The summed E-state index contributed by atoms with van der Waals surface area (Å²) in [6.07, 6.45) is 2.63. The lowest BCUT2D eigenvalue weighted by molar-refractivity contribution is -0.125. The molecular weight excluding hydrogens is 283 g/mol. The summed E-state index contributed by atoms with van der Waals surface area (Å²) < 4.78 is 0. The average molecular weight is 303 g/mol. The predicted octanol–water partition coefficient (Wildman–Crippen LogP) is 3.07. The van der Waals surface area contributed by atoms with Crippen molar-refractivity contribution in [1.29, 1.82) is 0 Å². The largest absolute Gasteiger partial charge is 0.349 e. The van der Waals surface area contributed by atoms with Crippen LogP contribution in [0.2, 0.25) is 5.02 Å². The van der Waals surface area contributed by atoms with Crippen molar-refractivity contribution < 1.29 is 4.79 Å². The van der Waals surface area contributed by atoms with Crippen LogP contribution < -0.4 is 11.1 Å². The first-order chi connectivity index (χ1) is 8.58. The monoisotopic (exact) mass is 302 g/mol. The van der Waals surface area contributed by atoms with Gasteiger partial charge in [-0.1, -0.05) is 29.8 Å². The normalized spacial score (nSPS) is 23.5. The maximum absolute atomic E-state index is 12.1. The van der Waals surface area contributed by atoms with Gasteiger partial charge in [0.1, 0.15) is 0 Å². The summed E-state index contributed by atoms with van der Waals surface area (Å²) in [5.74, 6) is 0.153. The highest BCUT2D eigenvalue weighted by Gasteiger charge is 2.28. The topological polar surface area (TPSA) is 55.1 Å². The molecule has 1 aromatic carbocycles. The van der Waals surface area contributed by atoms with E-state index >= 15 is 0 Å². The highest BCUT2D eigenvalue weighted by Crippen LogP contribution is 2.26. The Balaban J connectivity index is 0.00000180. The molecule has 0 saturated heterocycles. The van der Waals surface area contributed by atoms with Crippen molar-refractivity contribution in [3.63, 3.8) is 0 Å². The minimum atomic E-state index is -0.0666. The summed E-state index contributed by atoms with van der Waals surface area (Å²) in [6.45, 7) is 1.95. The summed E-state index contributed by atoms with van der Waals surface area (Å²) in [5, 5.41) is 3.71. The molecule has 3 nitrogen and oxygen atoms in total. The van der Waals surface area contributed by atoms with E-state index in [-0.39, 0.29) is 36.3 Å². The van der Waals surface area contributed by atoms with Crippen LogP contribution in [0.3, 0.4) is 0 Å². The molecule has 0 aliphatic heterocycles. The van der Waals surface area contributed by atoms with Crippen molar-refractivity contribution in [1.82, 2.24) is 5.32 Å². The first kappa shape index (κ1) is 16.3. The van der Waals surface area contributed by atoms with Crippen molar-refractivity contribution in [2.75, 3.05) is 0 Å². The van der Waals surface area contributed by atoms with Crippen LogP contribution in [-0.2, 0) is 4.79 Å². The minimum Gasteiger partial charge on any atom is -0.349 e. The number of carbonyl (C=O) groups excluding carboxylic acids is 1. The van der Waals surface area contributed by atoms with E-state index in [1.54, 1.807) is 0 Å². The molecule has 1 aliphatic rings. The fourth-order valence-corrected chi connectivity index (χ4v) is 2.79. The van der Waals surface area contributed by atoms with E-state index in [2.05, 4.69) is 5.32 Å². The van der Waals surface area contributed by atoms with E-state index in [1.807, 2.05) is 31.2 Å². The van der Waals surface area contributed by atoms with Gasteiger partial charge in [0.2, 0.25) is 5.91 Å². The third-order valence-electron chi connectivity index (χ3n) is 3.57. The Morgan fingerprint density at radius 2 is 2.11 bits per heavy atom. The minimum absolute atomic E-state index is 0. The van der Waals surface area contributed by atoms with Gasteiger partial charge in [-0.2, -0.15) is 0 Å². The Morgan fingerprint density at radius 1 is 1.42 bits per heavy atom. The van der Waals surface area contributed by atoms with Gasteiger partial charge < -0.3 is 11.1 Å². The molecule has 1 aromatic rings. The molecule has 0 bridgehead atoms. The number of nitrogens with one attached hydrogen (secondary N) is 1. The van der Waals surface area contributed by atoms with E-state index in [1.165, 1.54) is 0 Å². The van der Waals surface area contributed by atoms with E-state index in [0.717, 1.165) is 24.8 Å². The van der Waals surface area contributed by atoms with Crippen LogP contribution in [0.4, 0.5) is 0 Å². The zero-order valence-electron chi connectivity index (χ0n) is 10.9. The molecule has 19 heavy (non-hydrogen) atoms. The second kappa shape index (κ2) is 7.13. The quantitative estimate of drug-likeness (QED) is 0.901. The standard InChI is InChI=1S/C14H19ClN2O.ClH/c1-9(12-4-2-3-5-13(12)15)17-14(18)10-6-7-11(16)8-10;/h2-5,9-11H,6-8,16H2,1H3,(H,17,18);1H. The molecule has 106 valence electrons. The highest BCUT2D eigenvalue weighted by molar-refractivity contribution is 6.31. The summed E-state index contributed by atoms with van der Waals surface area (Å²) in [5.41, 5.74) is 6.78. The number of hydrogen-bond acceptors (Lipinski definition) is 2. The summed E-state index contributed by atoms with van der Waals surface area (Å²) in [6, 6.07) is 7.70. The maximum atomic E-state index is 12.1. The Bertz CT molecular complexity index is 439. The number of amides is 1. The molecule has 1 fully saturated rings. The molecule has 1 saturated carbocycles. The van der Waals surface area contributed by atoms with E-state index in [9.17, 15) is 4.79 Å². The summed E-state index contributed by atoms with van der Waals surface area (Å²) in [7, 11) is 0. The number of halogens is 2. The Hall–Kier alpha value is -0.770. The Kier molecular flexibility index (Phi) is 6.11. The van der Waals surface area contributed by atoms with E-state index in [0.29, 0.717) is 5.02 Å². The van der Waals surface area contributed by atoms with Crippen LogP contribution in [0.15, 0.2) is 24.3 Å². The molecular formula is C14H20Cl2N2O.